The van der Waals surface area contributed by atoms with E-state index < -0.39 is 5.97 Å². The molecular formula is C15H9Cl2NO4. The van der Waals surface area contributed by atoms with Gasteiger partial charge in [-0.05, 0) is 36.4 Å². The number of hydrogen-bond acceptors (Lipinski definition) is 5. The van der Waals surface area contributed by atoms with Crippen molar-refractivity contribution in [3.63, 3.8) is 0 Å². The monoisotopic (exact) mass is 337 g/mol. The van der Waals surface area contributed by atoms with Crippen molar-refractivity contribution in [1.82, 2.24) is 0 Å². The number of fused-ring (bicyclic) bond motifs is 1. The minimum Gasteiger partial charge on any atom is -0.454 e. The summed E-state index contributed by atoms with van der Waals surface area (Å²) < 4.78 is 10.4. The largest absolute Gasteiger partial charge is 0.454 e. The predicted molar refractivity (Wildman–Crippen MR) is 82.0 cm³/mol. The second-order valence-electron chi connectivity index (χ2n) is 4.35. The van der Waals surface area contributed by atoms with Gasteiger partial charge in [0.2, 0.25) is 6.79 Å². The van der Waals surface area contributed by atoms with E-state index in [-0.39, 0.29) is 17.4 Å². The highest BCUT2D eigenvalue weighted by Crippen LogP contribution is 2.32. The van der Waals surface area contributed by atoms with Crippen molar-refractivity contribution in [2.75, 3.05) is 6.79 Å². The van der Waals surface area contributed by atoms with E-state index in [2.05, 4.69) is 5.16 Å². The Kier molecular flexibility index (Phi) is 4.18. The van der Waals surface area contributed by atoms with Crippen molar-refractivity contribution in [1.29, 1.82) is 0 Å². The third kappa shape index (κ3) is 3.16. The highest BCUT2D eigenvalue weighted by molar-refractivity contribution is 6.36. The first-order chi connectivity index (χ1) is 10.6. The maximum absolute atomic E-state index is 11.8. The molecule has 0 aliphatic carbocycles. The van der Waals surface area contributed by atoms with Crippen LogP contribution in [-0.4, -0.2) is 19.0 Å². The van der Waals surface area contributed by atoms with Gasteiger partial charge in [-0.3, -0.25) is 0 Å². The van der Waals surface area contributed by atoms with Crippen LogP contribution in [0.15, 0.2) is 41.6 Å². The highest BCUT2D eigenvalue weighted by Gasteiger charge is 2.13. The van der Waals surface area contributed by atoms with Gasteiger partial charge in [0.1, 0.15) is 0 Å². The Bertz CT molecular complexity index is 761. The summed E-state index contributed by atoms with van der Waals surface area (Å²) in [7, 11) is 0. The zero-order valence-electron chi connectivity index (χ0n) is 11.1. The molecule has 3 rings (SSSR count). The molecule has 0 saturated heterocycles. The lowest BCUT2D eigenvalue weighted by atomic mass is 10.2. The fraction of sp³-hybridized carbons (Fsp3) is 0.0667. The first-order valence-electron chi connectivity index (χ1n) is 6.23. The summed E-state index contributed by atoms with van der Waals surface area (Å²) in [6.45, 7) is 0.194. The molecule has 0 radical (unpaired) electrons. The van der Waals surface area contributed by atoms with E-state index in [0.717, 1.165) is 0 Å². The van der Waals surface area contributed by atoms with E-state index >= 15 is 0 Å². The quantitative estimate of drug-likeness (QED) is 0.484. The van der Waals surface area contributed by atoms with Crippen LogP contribution in [0.3, 0.4) is 0 Å². The van der Waals surface area contributed by atoms with Gasteiger partial charge in [-0.1, -0.05) is 28.4 Å². The van der Waals surface area contributed by atoms with E-state index in [1.54, 1.807) is 24.3 Å². The lowest BCUT2D eigenvalue weighted by molar-refractivity contribution is 0.0519. The Labute approximate surface area is 136 Å². The summed E-state index contributed by atoms with van der Waals surface area (Å²) in [5, 5.41) is 4.28. The number of hydrogen-bond donors (Lipinski definition) is 0. The van der Waals surface area contributed by atoms with Crippen LogP contribution in [0.25, 0.3) is 0 Å². The van der Waals surface area contributed by atoms with Crippen LogP contribution in [0.2, 0.25) is 10.0 Å². The highest BCUT2D eigenvalue weighted by atomic mass is 35.5. The Balaban J connectivity index is 1.68. The zero-order valence-corrected chi connectivity index (χ0v) is 12.6. The molecule has 1 aliphatic heterocycles. The molecule has 0 amide bonds. The average molecular weight is 338 g/mol. The maximum atomic E-state index is 11.8. The Hall–Kier alpha value is -2.24. The zero-order chi connectivity index (χ0) is 15.5. The Morgan fingerprint density at radius 2 is 1.95 bits per heavy atom. The van der Waals surface area contributed by atoms with E-state index in [1.165, 1.54) is 18.3 Å². The van der Waals surface area contributed by atoms with Crippen LogP contribution < -0.4 is 9.47 Å². The second kappa shape index (κ2) is 6.25. The van der Waals surface area contributed by atoms with Gasteiger partial charge in [-0.2, -0.15) is 0 Å². The number of halogens is 2. The number of carbonyl (C=O) groups excluding carboxylic acids is 1. The fourth-order valence-corrected chi connectivity index (χ4v) is 2.32. The van der Waals surface area contributed by atoms with Crippen LogP contribution in [0.5, 0.6) is 11.5 Å². The van der Waals surface area contributed by atoms with Crippen LogP contribution in [0, 0.1) is 0 Å². The van der Waals surface area contributed by atoms with Crippen molar-refractivity contribution in [2.45, 2.75) is 0 Å². The lowest BCUT2D eigenvalue weighted by Gasteiger charge is -2.01. The van der Waals surface area contributed by atoms with Crippen molar-refractivity contribution in [3.05, 3.63) is 57.6 Å². The van der Waals surface area contributed by atoms with E-state index in [9.17, 15) is 4.79 Å². The van der Waals surface area contributed by atoms with Gasteiger partial charge in [0.25, 0.3) is 0 Å². The number of rotatable bonds is 3. The molecule has 2 aromatic rings. The number of nitrogens with zero attached hydrogens (tertiary/aromatic N) is 1. The molecule has 0 bridgehead atoms. The van der Waals surface area contributed by atoms with Crippen LogP contribution >= 0.6 is 23.2 Å². The van der Waals surface area contributed by atoms with Gasteiger partial charge in [0, 0.05) is 10.6 Å². The number of carbonyl (C=O) groups is 1. The smallest absolute Gasteiger partial charge is 0.367 e. The van der Waals surface area contributed by atoms with E-state index in [4.69, 9.17) is 37.5 Å². The molecule has 0 saturated carbocycles. The molecule has 0 aromatic heterocycles. The summed E-state index contributed by atoms with van der Waals surface area (Å²) in [6, 6.07) is 9.73. The number of ether oxygens (including phenoxy) is 2. The molecule has 112 valence electrons. The van der Waals surface area contributed by atoms with Gasteiger partial charge in [0.05, 0.1) is 16.8 Å². The fourth-order valence-electron chi connectivity index (χ4n) is 1.83. The van der Waals surface area contributed by atoms with Crippen LogP contribution in [0.4, 0.5) is 0 Å². The predicted octanol–water partition coefficient (Wildman–Crippen LogP) is 3.91. The molecule has 2 aromatic carbocycles. The summed E-state index contributed by atoms with van der Waals surface area (Å²) in [4.78, 5) is 16.6. The summed E-state index contributed by atoms with van der Waals surface area (Å²) >= 11 is 11.7. The van der Waals surface area contributed by atoms with E-state index in [1.807, 2.05) is 0 Å². The standard InChI is InChI=1S/C15H9Cl2NO4/c16-10-2-3-11(12(17)6-10)15(19)22-18-7-9-1-4-13-14(5-9)21-8-20-13/h1-7H,8H2/b18-7-. The Morgan fingerprint density at radius 3 is 2.77 bits per heavy atom. The normalized spacial score (nSPS) is 12.6. The third-order valence-electron chi connectivity index (χ3n) is 2.89. The molecule has 0 spiro atoms. The SMILES string of the molecule is O=C(O/N=C\c1ccc2c(c1)OCO2)c1ccc(Cl)cc1Cl. The van der Waals surface area contributed by atoms with Gasteiger partial charge in [-0.25, -0.2) is 4.79 Å². The lowest BCUT2D eigenvalue weighted by Crippen LogP contribution is -2.02. The minimum atomic E-state index is -0.668. The number of benzene rings is 2. The van der Waals surface area contributed by atoms with Crippen molar-refractivity contribution in [3.8, 4) is 11.5 Å². The van der Waals surface area contributed by atoms with Crippen molar-refractivity contribution < 1.29 is 19.1 Å². The summed E-state index contributed by atoms with van der Waals surface area (Å²) in [6.07, 6.45) is 1.39. The van der Waals surface area contributed by atoms with E-state index in [0.29, 0.717) is 22.1 Å². The summed E-state index contributed by atoms with van der Waals surface area (Å²) in [5.41, 5.74) is 0.896. The third-order valence-corrected chi connectivity index (χ3v) is 3.43. The van der Waals surface area contributed by atoms with Gasteiger partial charge < -0.3 is 14.3 Å². The van der Waals surface area contributed by atoms with Crippen molar-refractivity contribution in [2.24, 2.45) is 5.16 Å². The van der Waals surface area contributed by atoms with Gasteiger partial charge >= 0.3 is 5.97 Å². The minimum absolute atomic E-state index is 0.189. The van der Waals surface area contributed by atoms with Gasteiger partial charge in [0.15, 0.2) is 11.5 Å². The first kappa shape index (κ1) is 14.7. The molecule has 0 atom stereocenters. The van der Waals surface area contributed by atoms with Crippen LogP contribution in [-0.2, 0) is 4.84 Å². The Morgan fingerprint density at radius 1 is 1.14 bits per heavy atom. The molecule has 1 aliphatic rings. The molecular weight excluding hydrogens is 329 g/mol. The molecule has 1 heterocycles. The topological polar surface area (TPSA) is 57.1 Å². The first-order valence-corrected chi connectivity index (χ1v) is 6.98. The van der Waals surface area contributed by atoms with Crippen LogP contribution in [0.1, 0.15) is 15.9 Å². The number of oxime groups is 1. The average Bonchev–Trinajstić information content (AvgIpc) is 2.94. The summed E-state index contributed by atoms with van der Waals surface area (Å²) in [5.74, 6) is 0.622. The molecule has 0 fully saturated rings. The molecule has 7 heteroatoms. The maximum Gasteiger partial charge on any atom is 0.367 e. The van der Waals surface area contributed by atoms with Crippen molar-refractivity contribution >= 4 is 35.4 Å². The van der Waals surface area contributed by atoms with Gasteiger partial charge in [-0.15, -0.1) is 0 Å². The molecule has 0 unspecified atom stereocenters. The molecule has 5 nitrogen and oxygen atoms in total. The molecule has 22 heavy (non-hydrogen) atoms. The second-order valence-corrected chi connectivity index (χ2v) is 5.19. The molecule has 0 N–H and O–H groups in total.